The topological polar surface area (TPSA) is 49.3 Å². The molecule has 0 saturated heterocycles. The summed E-state index contributed by atoms with van der Waals surface area (Å²) in [6.07, 6.45) is 2.26. The number of carbonyl (C=O) groups excluding carboxylic acids is 1. The van der Waals surface area contributed by atoms with Gasteiger partial charge in [0.1, 0.15) is 0 Å². The van der Waals surface area contributed by atoms with Crippen molar-refractivity contribution >= 4 is 17.7 Å². The fourth-order valence-electron chi connectivity index (χ4n) is 1.81. The number of carbonyl (C=O) groups is 1. The van der Waals surface area contributed by atoms with E-state index in [-0.39, 0.29) is 23.8 Å². The van der Waals surface area contributed by atoms with E-state index in [1.54, 1.807) is 11.8 Å². The molecule has 106 valence electrons. The van der Waals surface area contributed by atoms with E-state index in [0.717, 1.165) is 17.7 Å². The highest BCUT2D eigenvalue weighted by Gasteiger charge is 2.20. The number of rotatable bonds is 8. The minimum atomic E-state index is -0.0739. The van der Waals surface area contributed by atoms with Gasteiger partial charge in [0.25, 0.3) is 0 Å². The van der Waals surface area contributed by atoms with E-state index >= 15 is 0 Å². The van der Waals surface area contributed by atoms with Crippen LogP contribution >= 0.6 is 11.8 Å². The average molecular weight is 281 g/mol. The zero-order valence-electron chi connectivity index (χ0n) is 11.6. The molecule has 0 saturated carbocycles. The van der Waals surface area contributed by atoms with Gasteiger partial charge in [-0.25, -0.2) is 0 Å². The first-order chi connectivity index (χ1) is 9.21. The molecule has 4 heteroatoms. The molecule has 3 nitrogen and oxygen atoms in total. The molecule has 1 aromatic rings. The molecule has 1 rings (SSSR count). The predicted molar refractivity (Wildman–Crippen MR) is 80.3 cm³/mol. The molecule has 2 N–H and O–H groups in total. The maximum atomic E-state index is 12.2. The Balaban J connectivity index is 2.56. The van der Waals surface area contributed by atoms with Gasteiger partial charge in [-0.05, 0) is 31.4 Å². The van der Waals surface area contributed by atoms with Crippen LogP contribution in [0.25, 0.3) is 0 Å². The first-order valence-electron chi connectivity index (χ1n) is 6.84. The van der Waals surface area contributed by atoms with Crippen molar-refractivity contribution in [3.05, 3.63) is 30.3 Å². The van der Waals surface area contributed by atoms with E-state index in [4.69, 9.17) is 5.11 Å². The summed E-state index contributed by atoms with van der Waals surface area (Å²) in [7, 11) is 0. The van der Waals surface area contributed by atoms with Crippen LogP contribution in [0.1, 0.15) is 33.1 Å². The number of amides is 1. The maximum Gasteiger partial charge on any atom is 0.233 e. The molecule has 0 aliphatic heterocycles. The summed E-state index contributed by atoms with van der Waals surface area (Å²) in [5, 5.41) is 11.9. The number of hydrogen-bond acceptors (Lipinski definition) is 3. The summed E-state index contributed by atoms with van der Waals surface area (Å²) in [6.45, 7) is 4.15. The summed E-state index contributed by atoms with van der Waals surface area (Å²) in [6, 6.07) is 10.0. The van der Waals surface area contributed by atoms with E-state index in [2.05, 4.69) is 5.32 Å². The first kappa shape index (κ1) is 16.1. The largest absolute Gasteiger partial charge is 0.396 e. The van der Waals surface area contributed by atoms with Crippen LogP contribution in [-0.4, -0.2) is 28.9 Å². The molecule has 2 unspecified atom stereocenters. The van der Waals surface area contributed by atoms with Crippen molar-refractivity contribution in [2.24, 2.45) is 0 Å². The van der Waals surface area contributed by atoms with Crippen LogP contribution < -0.4 is 5.32 Å². The molecule has 19 heavy (non-hydrogen) atoms. The fourth-order valence-corrected chi connectivity index (χ4v) is 2.80. The molecule has 0 radical (unpaired) electrons. The zero-order chi connectivity index (χ0) is 14.1. The van der Waals surface area contributed by atoms with E-state index < -0.39 is 0 Å². The molecule has 1 amide bonds. The number of aliphatic hydroxyl groups excluding tert-OH is 1. The van der Waals surface area contributed by atoms with Crippen LogP contribution in [0.3, 0.4) is 0 Å². The van der Waals surface area contributed by atoms with Crippen LogP contribution in [0.5, 0.6) is 0 Å². The van der Waals surface area contributed by atoms with Crippen molar-refractivity contribution in [1.29, 1.82) is 0 Å². The maximum absolute atomic E-state index is 12.2. The monoisotopic (exact) mass is 281 g/mol. The highest BCUT2D eigenvalue weighted by Crippen LogP contribution is 2.25. The molecule has 0 bridgehead atoms. The van der Waals surface area contributed by atoms with E-state index in [1.807, 2.05) is 44.2 Å². The zero-order valence-corrected chi connectivity index (χ0v) is 12.5. The lowest BCUT2D eigenvalue weighted by molar-refractivity contribution is -0.121. The van der Waals surface area contributed by atoms with Crippen LogP contribution in [0.15, 0.2) is 35.2 Å². The molecular weight excluding hydrogens is 258 g/mol. The summed E-state index contributed by atoms with van der Waals surface area (Å²) in [5.74, 6) is 0.0663. The Kier molecular flexibility index (Phi) is 7.60. The van der Waals surface area contributed by atoms with E-state index in [0.29, 0.717) is 6.42 Å². The normalized spacial score (nSPS) is 13.8. The molecule has 0 aliphatic rings. The fraction of sp³-hybridized carbons (Fsp3) is 0.533. The first-order valence-corrected chi connectivity index (χ1v) is 7.72. The van der Waals surface area contributed by atoms with Crippen LogP contribution in [0.2, 0.25) is 0 Å². The van der Waals surface area contributed by atoms with Crippen molar-refractivity contribution in [3.63, 3.8) is 0 Å². The van der Waals surface area contributed by atoms with Crippen molar-refractivity contribution < 1.29 is 9.90 Å². The second-order valence-electron chi connectivity index (χ2n) is 4.45. The third-order valence-corrected chi connectivity index (χ3v) is 4.38. The van der Waals surface area contributed by atoms with Gasteiger partial charge >= 0.3 is 0 Å². The molecule has 0 fully saturated rings. The molecular formula is C15H23NO2S. The smallest absolute Gasteiger partial charge is 0.233 e. The minimum absolute atomic E-state index is 0.0663. The number of hydrogen-bond donors (Lipinski definition) is 2. The van der Waals surface area contributed by atoms with Crippen molar-refractivity contribution in [1.82, 2.24) is 5.32 Å². The van der Waals surface area contributed by atoms with Gasteiger partial charge in [-0.15, -0.1) is 11.8 Å². The Morgan fingerprint density at radius 3 is 2.47 bits per heavy atom. The minimum Gasteiger partial charge on any atom is -0.396 e. The number of thioether (sulfide) groups is 1. The van der Waals surface area contributed by atoms with Crippen LogP contribution in [0, 0.1) is 0 Å². The van der Waals surface area contributed by atoms with Crippen LogP contribution in [0.4, 0.5) is 0 Å². The highest BCUT2D eigenvalue weighted by molar-refractivity contribution is 8.00. The standard InChI is InChI=1S/C15H23NO2S/c1-3-12(10-11-17)16-15(18)14(4-2)19-13-8-6-5-7-9-13/h5-9,12,14,17H,3-4,10-11H2,1-2H3,(H,16,18). The molecule has 0 spiro atoms. The van der Waals surface area contributed by atoms with Gasteiger partial charge in [-0.2, -0.15) is 0 Å². The van der Waals surface area contributed by atoms with Gasteiger partial charge in [0.05, 0.1) is 5.25 Å². The molecule has 0 aromatic heterocycles. The van der Waals surface area contributed by atoms with Gasteiger partial charge < -0.3 is 10.4 Å². The van der Waals surface area contributed by atoms with Gasteiger partial charge in [0, 0.05) is 17.5 Å². The van der Waals surface area contributed by atoms with Gasteiger partial charge in [-0.3, -0.25) is 4.79 Å². The van der Waals surface area contributed by atoms with Gasteiger partial charge in [-0.1, -0.05) is 32.0 Å². The van der Waals surface area contributed by atoms with Crippen molar-refractivity contribution in [2.75, 3.05) is 6.61 Å². The lowest BCUT2D eigenvalue weighted by Crippen LogP contribution is -2.40. The Morgan fingerprint density at radius 1 is 1.26 bits per heavy atom. The summed E-state index contributed by atoms with van der Waals surface area (Å²) in [5.41, 5.74) is 0. The summed E-state index contributed by atoms with van der Waals surface area (Å²) >= 11 is 1.59. The third kappa shape index (κ3) is 5.66. The highest BCUT2D eigenvalue weighted by atomic mass is 32.2. The van der Waals surface area contributed by atoms with Gasteiger partial charge in [0.2, 0.25) is 5.91 Å². The summed E-state index contributed by atoms with van der Waals surface area (Å²) in [4.78, 5) is 13.3. The Bertz CT molecular complexity index is 370. The third-order valence-electron chi connectivity index (χ3n) is 3.00. The molecule has 2 atom stereocenters. The molecule has 0 heterocycles. The second kappa shape index (κ2) is 8.99. The lowest BCUT2D eigenvalue weighted by atomic mass is 10.1. The Morgan fingerprint density at radius 2 is 1.95 bits per heavy atom. The Hall–Kier alpha value is -1.00. The number of aliphatic hydroxyl groups is 1. The van der Waals surface area contributed by atoms with Crippen molar-refractivity contribution in [2.45, 2.75) is 49.3 Å². The van der Waals surface area contributed by atoms with E-state index in [1.165, 1.54) is 0 Å². The summed E-state index contributed by atoms with van der Waals surface area (Å²) < 4.78 is 0. The molecule has 1 aromatic carbocycles. The number of nitrogens with one attached hydrogen (secondary N) is 1. The Labute approximate surface area is 119 Å². The lowest BCUT2D eigenvalue weighted by Gasteiger charge is -2.20. The molecule has 0 aliphatic carbocycles. The van der Waals surface area contributed by atoms with Crippen molar-refractivity contribution in [3.8, 4) is 0 Å². The second-order valence-corrected chi connectivity index (χ2v) is 5.73. The number of benzene rings is 1. The SMILES string of the molecule is CCC(CCO)NC(=O)C(CC)Sc1ccccc1. The predicted octanol–water partition coefficient (Wildman–Crippen LogP) is 2.83. The average Bonchev–Trinajstić information content (AvgIpc) is 2.45. The van der Waals surface area contributed by atoms with Crippen LogP contribution in [-0.2, 0) is 4.79 Å². The quantitative estimate of drug-likeness (QED) is 0.720. The van der Waals surface area contributed by atoms with Gasteiger partial charge in [0.15, 0.2) is 0 Å². The van der Waals surface area contributed by atoms with E-state index in [9.17, 15) is 4.79 Å².